The second-order valence-electron chi connectivity index (χ2n) is 5.38. The van der Waals surface area contributed by atoms with Gasteiger partial charge in [0.1, 0.15) is 0 Å². The van der Waals surface area contributed by atoms with Crippen molar-refractivity contribution in [1.29, 1.82) is 0 Å². The highest BCUT2D eigenvalue weighted by Gasteiger charge is 2.21. The van der Waals surface area contributed by atoms with Gasteiger partial charge in [-0.2, -0.15) is 11.8 Å². The van der Waals surface area contributed by atoms with E-state index in [0.717, 1.165) is 57.1 Å². The van der Waals surface area contributed by atoms with Crippen molar-refractivity contribution in [3.8, 4) is 0 Å². The third-order valence-corrected chi connectivity index (χ3v) is 5.02. The molecule has 1 unspecified atom stereocenters. The predicted molar refractivity (Wildman–Crippen MR) is 109 cm³/mol. The fourth-order valence-electron chi connectivity index (χ4n) is 2.27. The van der Waals surface area contributed by atoms with Gasteiger partial charge in [0.25, 0.3) is 0 Å². The highest BCUT2D eigenvalue weighted by atomic mass is 127. The highest BCUT2D eigenvalue weighted by molar-refractivity contribution is 14.0. The third-order valence-electron chi connectivity index (χ3n) is 3.65. The van der Waals surface area contributed by atoms with Crippen molar-refractivity contribution < 1.29 is 4.74 Å². The van der Waals surface area contributed by atoms with E-state index in [9.17, 15) is 0 Å². The minimum atomic E-state index is 0. The van der Waals surface area contributed by atoms with Gasteiger partial charge in [0.05, 0.1) is 13.2 Å². The van der Waals surface area contributed by atoms with Crippen LogP contribution in [0.3, 0.4) is 0 Å². The molecular weight excluding hydrogens is 411 g/mol. The van der Waals surface area contributed by atoms with E-state index in [1.807, 2.05) is 0 Å². The number of hydrogen-bond donors (Lipinski definition) is 1. The standard InChI is InChI=1S/C15H32N4OS.HI/c1-5-14-13-19(10-12-21-14)15(16-6-2)17-7-8-18(3)9-11-20-4;/h14H,5-13H2,1-4H3,(H,16,17);1H. The molecule has 0 aromatic rings. The maximum absolute atomic E-state index is 5.10. The maximum Gasteiger partial charge on any atom is 0.194 e. The molecule has 1 atom stereocenters. The number of guanidine groups is 1. The monoisotopic (exact) mass is 444 g/mol. The second-order valence-corrected chi connectivity index (χ2v) is 6.79. The van der Waals surface area contributed by atoms with Crippen molar-refractivity contribution >= 4 is 41.7 Å². The molecule has 1 aliphatic rings. The first-order chi connectivity index (χ1) is 10.2. The molecule has 0 aromatic carbocycles. The van der Waals surface area contributed by atoms with Gasteiger partial charge in [-0.3, -0.25) is 4.99 Å². The number of nitrogens with zero attached hydrogens (tertiary/aromatic N) is 3. The predicted octanol–water partition coefficient (Wildman–Crippen LogP) is 1.98. The van der Waals surface area contributed by atoms with Crippen LogP contribution in [-0.2, 0) is 4.74 Å². The lowest BCUT2D eigenvalue weighted by Gasteiger charge is -2.34. The molecular formula is C15H33IN4OS. The second kappa shape index (κ2) is 13.7. The Labute approximate surface area is 157 Å². The van der Waals surface area contributed by atoms with Crippen LogP contribution in [0.1, 0.15) is 20.3 Å². The number of likely N-dealkylation sites (N-methyl/N-ethyl adjacent to an activating group) is 1. The molecule has 0 bridgehead atoms. The Morgan fingerprint density at radius 3 is 2.82 bits per heavy atom. The molecule has 1 saturated heterocycles. The summed E-state index contributed by atoms with van der Waals surface area (Å²) in [6, 6.07) is 0. The van der Waals surface area contributed by atoms with E-state index in [1.54, 1.807) is 7.11 Å². The number of halogens is 1. The Bertz CT molecular complexity index is 307. The summed E-state index contributed by atoms with van der Waals surface area (Å²) < 4.78 is 5.10. The fourth-order valence-corrected chi connectivity index (χ4v) is 3.45. The smallest absolute Gasteiger partial charge is 0.194 e. The number of thioether (sulfide) groups is 1. The van der Waals surface area contributed by atoms with E-state index in [-0.39, 0.29) is 24.0 Å². The van der Waals surface area contributed by atoms with E-state index >= 15 is 0 Å². The summed E-state index contributed by atoms with van der Waals surface area (Å²) in [6.45, 7) is 11.1. The average Bonchev–Trinajstić information content (AvgIpc) is 2.52. The molecule has 0 aliphatic carbocycles. The van der Waals surface area contributed by atoms with Crippen LogP contribution in [0.25, 0.3) is 0 Å². The molecule has 1 aliphatic heterocycles. The molecule has 0 aromatic heterocycles. The molecule has 5 nitrogen and oxygen atoms in total. The van der Waals surface area contributed by atoms with Crippen molar-refractivity contribution in [2.24, 2.45) is 4.99 Å². The Morgan fingerprint density at radius 1 is 1.41 bits per heavy atom. The zero-order valence-electron chi connectivity index (χ0n) is 14.5. The summed E-state index contributed by atoms with van der Waals surface area (Å²) in [5.74, 6) is 2.29. The van der Waals surface area contributed by atoms with E-state index < -0.39 is 0 Å². The van der Waals surface area contributed by atoms with Crippen molar-refractivity contribution in [3.05, 3.63) is 0 Å². The van der Waals surface area contributed by atoms with E-state index in [4.69, 9.17) is 9.73 Å². The maximum atomic E-state index is 5.10. The molecule has 0 radical (unpaired) electrons. The van der Waals surface area contributed by atoms with Crippen LogP contribution in [-0.4, -0.2) is 86.8 Å². The lowest BCUT2D eigenvalue weighted by molar-refractivity contribution is 0.163. The van der Waals surface area contributed by atoms with Gasteiger partial charge in [0.2, 0.25) is 0 Å². The summed E-state index contributed by atoms with van der Waals surface area (Å²) >= 11 is 2.09. The summed E-state index contributed by atoms with van der Waals surface area (Å²) in [6.07, 6.45) is 1.24. The van der Waals surface area contributed by atoms with Crippen molar-refractivity contribution in [2.75, 3.05) is 65.8 Å². The first-order valence-electron chi connectivity index (χ1n) is 8.03. The van der Waals surface area contributed by atoms with Crippen molar-refractivity contribution in [3.63, 3.8) is 0 Å². The topological polar surface area (TPSA) is 40.1 Å². The molecule has 1 N–H and O–H groups in total. The third kappa shape index (κ3) is 8.79. The van der Waals surface area contributed by atoms with E-state index in [2.05, 4.69) is 47.8 Å². The van der Waals surface area contributed by atoms with Crippen LogP contribution in [0.2, 0.25) is 0 Å². The highest BCUT2D eigenvalue weighted by Crippen LogP contribution is 2.20. The Morgan fingerprint density at radius 2 is 2.18 bits per heavy atom. The van der Waals surface area contributed by atoms with Crippen LogP contribution in [0, 0.1) is 0 Å². The molecule has 0 saturated carbocycles. The summed E-state index contributed by atoms with van der Waals surface area (Å²) in [7, 11) is 3.86. The fraction of sp³-hybridized carbons (Fsp3) is 0.933. The number of methoxy groups -OCH3 is 1. The van der Waals surface area contributed by atoms with E-state index in [1.165, 1.54) is 12.2 Å². The van der Waals surface area contributed by atoms with Crippen molar-refractivity contribution in [2.45, 2.75) is 25.5 Å². The Hall–Kier alpha value is 0.270. The van der Waals surface area contributed by atoms with Gasteiger partial charge in [-0.25, -0.2) is 0 Å². The Kier molecular flexibility index (Phi) is 13.9. The quantitative estimate of drug-likeness (QED) is 0.352. The summed E-state index contributed by atoms with van der Waals surface area (Å²) in [5, 5.41) is 4.18. The lowest BCUT2D eigenvalue weighted by Crippen LogP contribution is -2.48. The summed E-state index contributed by atoms with van der Waals surface area (Å²) in [4.78, 5) is 9.47. The average molecular weight is 444 g/mol. The first-order valence-corrected chi connectivity index (χ1v) is 9.08. The Balaban J connectivity index is 0.00000441. The normalized spacial score (nSPS) is 19.2. The van der Waals surface area contributed by atoms with Gasteiger partial charge in [-0.05, 0) is 20.4 Å². The molecule has 7 heteroatoms. The molecule has 132 valence electrons. The van der Waals surface area contributed by atoms with Crippen LogP contribution in [0.5, 0.6) is 0 Å². The van der Waals surface area contributed by atoms with E-state index in [0.29, 0.717) is 0 Å². The minimum absolute atomic E-state index is 0. The molecule has 22 heavy (non-hydrogen) atoms. The number of ether oxygens (including phenoxy) is 1. The number of hydrogen-bond acceptors (Lipinski definition) is 4. The van der Waals surface area contributed by atoms with Gasteiger partial charge in [-0.1, -0.05) is 6.92 Å². The van der Waals surface area contributed by atoms with Gasteiger partial charge in [-0.15, -0.1) is 24.0 Å². The zero-order chi connectivity index (χ0) is 15.5. The first kappa shape index (κ1) is 22.3. The number of nitrogens with one attached hydrogen (secondary N) is 1. The van der Waals surface area contributed by atoms with Gasteiger partial charge < -0.3 is 19.9 Å². The zero-order valence-corrected chi connectivity index (χ0v) is 17.7. The van der Waals surface area contributed by atoms with Crippen molar-refractivity contribution in [1.82, 2.24) is 15.1 Å². The molecule has 0 amide bonds. The van der Waals surface area contributed by atoms with Crippen LogP contribution < -0.4 is 5.32 Å². The van der Waals surface area contributed by atoms with Gasteiger partial charge >= 0.3 is 0 Å². The molecule has 0 spiro atoms. The van der Waals surface area contributed by atoms with Gasteiger partial charge in [0, 0.05) is 50.8 Å². The van der Waals surface area contributed by atoms with Crippen LogP contribution in [0.15, 0.2) is 4.99 Å². The molecule has 1 fully saturated rings. The number of rotatable bonds is 8. The minimum Gasteiger partial charge on any atom is -0.383 e. The van der Waals surface area contributed by atoms with Crippen LogP contribution in [0.4, 0.5) is 0 Å². The van der Waals surface area contributed by atoms with Crippen LogP contribution >= 0.6 is 35.7 Å². The van der Waals surface area contributed by atoms with Gasteiger partial charge in [0.15, 0.2) is 5.96 Å². The number of aliphatic imine (C=N–C) groups is 1. The lowest BCUT2D eigenvalue weighted by atomic mass is 10.3. The SMILES string of the molecule is CCNC(=NCCN(C)CCOC)N1CCSC(CC)C1.I. The summed E-state index contributed by atoms with van der Waals surface area (Å²) in [5.41, 5.74) is 0. The molecule has 1 heterocycles. The molecule has 1 rings (SSSR count). The largest absolute Gasteiger partial charge is 0.383 e.